The standard InChI is InChI=1S/C10H13N3O5/c1-5-7(13(17)18)3-2-6(12-5)10(16)8(14)4-9(11)15/h2-3,8,10,14,16H,4H2,1H3,(H2,11,15). The average molecular weight is 255 g/mol. The Morgan fingerprint density at radius 2 is 2.17 bits per heavy atom. The molecular weight excluding hydrogens is 242 g/mol. The molecule has 0 radical (unpaired) electrons. The molecule has 0 aromatic carbocycles. The van der Waals surface area contributed by atoms with E-state index in [1.807, 2.05) is 0 Å². The number of aliphatic hydroxyl groups is 2. The number of aryl methyl sites for hydroxylation is 1. The van der Waals surface area contributed by atoms with Crippen molar-refractivity contribution in [2.45, 2.75) is 25.6 Å². The molecule has 0 aliphatic rings. The summed E-state index contributed by atoms with van der Waals surface area (Å²) in [7, 11) is 0. The normalized spacial score (nSPS) is 13.9. The van der Waals surface area contributed by atoms with Gasteiger partial charge < -0.3 is 15.9 Å². The van der Waals surface area contributed by atoms with Gasteiger partial charge in [0.1, 0.15) is 11.8 Å². The number of carbonyl (C=O) groups is 1. The number of nitro groups is 1. The second-order valence-electron chi connectivity index (χ2n) is 3.78. The fourth-order valence-corrected chi connectivity index (χ4v) is 1.45. The van der Waals surface area contributed by atoms with Crippen molar-refractivity contribution in [1.82, 2.24) is 4.98 Å². The number of hydrogen-bond acceptors (Lipinski definition) is 6. The number of primary amides is 1. The minimum absolute atomic E-state index is 0.0480. The van der Waals surface area contributed by atoms with Crippen molar-refractivity contribution >= 4 is 11.6 Å². The van der Waals surface area contributed by atoms with Crippen molar-refractivity contribution in [1.29, 1.82) is 0 Å². The summed E-state index contributed by atoms with van der Waals surface area (Å²) in [5, 5.41) is 29.8. The molecule has 0 aliphatic carbocycles. The maximum absolute atomic E-state index is 10.6. The summed E-state index contributed by atoms with van der Waals surface area (Å²) in [5.41, 5.74) is 4.86. The summed E-state index contributed by atoms with van der Waals surface area (Å²) in [4.78, 5) is 24.4. The van der Waals surface area contributed by atoms with Crippen LogP contribution in [0.4, 0.5) is 5.69 Å². The van der Waals surface area contributed by atoms with E-state index in [1.165, 1.54) is 19.1 Å². The lowest BCUT2D eigenvalue weighted by Gasteiger charge is -2.16. The summed E-state index contributed by atoms with van der Waals surface area (Å²) >= 11 is 0. The van der Waals surface area contributed by atoms with Gasteiger partial charge in [-0.2, -0.15) is 0 Å². The van der Waals surface area contributed by atoms with Crippen LogP contribution in [0.1, 0.15) is 23.9 Å². The number of aromatic nitrogens is 1. The van der Waals surface area contributed by atoms with Crippen LogP contribution in [0.25, 0.3) is 0 Å². The second-order valence-corrected chi connectivity index (χ2v) is 3.78. The lowest BCUT2D eigenvalue weighted by molar-refractivity contribution is -0.385. The van der Waals surface area contributed by atoms with Gasteiger partial charge in [0.05, 0.1) is 23.1 Å². The average Bonchev–Trinajstić information content (AvgIpc) is 2.26. The van der Waals surface area contributed by atoms with Crippen LogP contribution in [0.15, 0.2) is 12.1 Å². The Morgan fingerprint density at radius 3 is 2.61 bits per heavy atom. The van der Waals surface area contributed by atoms with Gasteiger partial charge in [-0.1, -0.05) is 0 Å². The van der Waals surface area contributed by atoms with Crippen LogP contribution >= 0.6 is 0 Å². The SMILES string of the molecule is Cc1nc(C(O)C(O)CC(N)=O)ccc1[N+](=O)[O-]. The van der Waals surface area contributed by atoms with E-state index in [1.54, 1.807) is 0 Å². The predicted molar refractivity (Wildman–Crippen MR) is 60.4 cm³/mol. The molecule has 0 fully saturated rings. The van der Waals surface area contributed by atoms with E-state index in [0.717, 1.165) is 0 Å². The monoisotopic (exact) mass is 255 g/mol. The molecule has 1 heterocycles. The zero-order valence-electron chi connectivity index (χ0n) is 9.61. The molecule has 98 valence electrons. The number of amides is 1. The third-order valence-corrected chi connectivity index (χ3v) is 2.35. The van der Waals surface area contributed by atoms with E-state index in [-0.39, 0.29) is 17.1 Å². The zero-order chi connectivity index (χ0) is 13.9. The molecule has 0 aliphatic heterocycles. The van der Waals surface area contributed by atoms with E-state index >= 15 is 0 Å². The molecule has 0 saturated carbocycles. The van der Waals surface area contributed by atoms with Gasteiger partial charge in [0.15, 0.2) is 0 Å². The van der Waals surface area contributed by atoms with Gasteiger partial charge in [-0.25, -0.2) is 4.98 Å². The summed E-state index contributed by atoms with van der Waals surface area (Å²) in [5.74, 6) is -0.764. The molecule has 0 saturated heterocycles. The van der Waals surface area contributed by atoms with Crippen molar-refractivity contribution < 1.29 is 19.9 Å². The Bertz CT molecular complexity index is 477. The number of pyridine rings is 1. The van der Waals surface area contributed by atoms with Crippen molar-refractivity contribution in [3.05, 3.63) is 33.6 Å². The summed E-state index contributed by atoms with van der Waals surface area (Å²) in [6, 6.07) is 2.40. The zero-order valence-corrected chi connectivity index (χ0v) is 9.61. The lowest BCUT2D eigenvalue weighted by Crippen LogP contribution is -2.26. The van der Waals surface area contributed by atoms with Crippen LogP contribution in [-0.2, 0) is 4.79 Å². The molecule has 1 amide bonds. The predicted octanol–water partition coefficient (Wildman–Crippen LogP) is -0.432. The lowest BCUT2D eigenvalue weighted by atomic mass is 10.1. The van der Waals surface area contributed by atoms with E-state index in [4.69, 9.17) is 5.73 Å². The van der Waals surface area contributed by atoms with Gasteiger partial charge in [0.2, 0.25) is 5.91 Å². The van der Waals surface area contributed by atoms with Crippen molar-refractivity contribution in [2.75, 3.05) is 0 Å². The summed E-state index contributed by atoms with van der Waals surface area (Å²) in [6.45, 7) is 1.41. The van der Waals surface area contributed by atoms with Gasteiger partial charge in [0, 0.05) is 6.07 Å². The topological polar surface area (TPSA) is 140 Å². The molecule has 1 rings (SSSR count). The van der Waals surface area contributed by atoms with Gasteiger partial charge in [-0.3, -0.25) is 14.9 Å². The minimum atomic E-state index is -1.42. The van der Waals surface area contributed by atoms with Gasteiger partial charge in [-0.05, 0) is 13.0 Å². The van der Waals surface area contributed by atoms with Crippen molar-refractivity contribution in [3.8, 4) is 0 Å². The highest BCUT2D eigenvalue weighted by atomic mass is 16.6. The van der Waals surface area contributed by atoms with E-state index < -0.39 is 29.5 Å². The highest BCUT2D eigenvalue weighted by Gasteiger charge is 2.23. The quantitative estimate of drug-likeness (QED) is 0.481. The maximum atomic E-state index is 10.6. The molecule has 1 aromatic rings. The maximum Gasteiger partial charge on any atom is 0.290 e. The van der Waals surface area contributed by atoms with Crippen molar-refractivity contribution in [2.24, 2.45) is 5.73 Å². The van der Waals surface area contributed by atoms with E-state index in [0.29, 0.717) is 0 Å². The second kappa shape index (κ2) is 5.52. The molecule has 1 aromatic heterocycles. The number of nitrogens with two attached hydrogens (primary N) is 1. The van der Waals surface area contributed by atoms with E-state index in [2.05, 4.69) is 4.98 Å². The first-order chi connectivity index (χ1) is 8.32. The highest BCUT2D eigenvalue weighted by Crippen LogP contribution is 2.22. The Hall–Kier alpha value is -2.06. The van der Waals surface area contributed by atoms with Crippen LogP contribution in [0.5, 0.6) is 0 Å². The molecule has 18 heavy (non-hydrogen) atoms. The molecule has 8 nitrogen and oxygen atoms in total. The van der Waals surface area contributed by atoms with Gasteiger partial charge >= 0.3 is 0 Å². The minimum Gasteiger partial charge on any atom is -0.389 e. The van der Waals surface area contributed by atoms with E-state index in [9.17, 15) is 25.1 Å². The fraction of sp³-hybridized carbons (Fsp3) is 0.400. The Morgan fingerprint density at radius 1 is 1.56 bits per heavy atom. The molecule has 2 atom stereocenters. The Balaban J connectivity index is 2.93. The fourth-order valence-electron chi connectivity index (χ4n) is 1.45. The first kappa shape index (κ1) is 14.0. The Kier molecular flexibility index (Phi) is 4.29. The van der Waals surface area contributed by atoms with Crippen LogP contribution in [0, 0.1) is 17.0 Å². The largest absolute Gasteiger partial charge is 0.389 e. The van der Waals surface area contributed by atoms with Crippen LogP contribution < -0.4 is 5.73 Å². The van der Waals surface area contributed by atoms with Crippen LogP contribution in [-0.4, -0.2) is 32.1 Å². The van der Waals surface area contributed by atoms with Crippen molar-refractivity contribution in [3.63, 3.8) is 0 Å². The number of carbonyl (C=O) groups excluding carboxylic acids is 1. The molecule has 0 bridgehead atoms. The first-order valence-corrected chi connectivity index (χ1v) is 5.09. The third-order valence-electron chi connectivity index (χ3n) is 2.35. The Labute approximate surface area is 102 Å². The summed E-state index contributed by atoms with van der Waals surface area (Å²) < 4.78 is 0. The summed E-state index contributed by atoms with van der Waals surface area (Å²) in [6.07, 6.45) is -3.23. The van der Waals surface area contributed by atoms with Crippen LogP contribution in [0.3, 0.4) is 0 Å². The van der Waals surface area contributed by atoms with Gasteiger partial charge in [0.25, 0.3) is 5.69 Å². The molecule has 0 spiro atoms. The third kappa shape index (κ3) is 3.22. The number of hydrogen-bond donors (Lipinski definition) is 3. The number of rotatable bonds is 5. The molecule has 8 heteroatoms. The van der Waals surface area contributed by atoms with Crippen LogP contribution in [0.2, 0.25) is 0 Å². The molecule has 4 N–H and O–H groups in total. The molecular formula is C10H13N3O5. The number of aliphatic hydroxyl groups excluding tert-OH is 2. The smallest absolute Gasteiger partial charge is 0.290 e. The van der Waals surface area contributed by atoms with Gasteiger partial charge in [-0.15, -0.1) is 0 Å². The first-order valence-electron chi connectivity index (χ1n) is 5.09. The highest BCUT2D eigenvalue weighted by molar-refractivity contribution is 5.74. The molecule has 2 unspecified atom stereocenters. The number of nitrogens with zero attached hydrogens (tertiary/aromatic N) is 2.